The third-order valence-electron chi connectivity index (χ3n) is 3.24. The first-order valence-corrected chi connectivity index (χ1v) is 8.31. The number of nitrogens with two attached hydrogens (primary N) is 1. The van der Waals surface area contributed by atoms with Crippen LogP contribution in [0.2, 0.25) is 5.02 Å². The van der Waals surface area contributed by atoms with Gasteiger partial charge in [0.15, 0.2) is 0 Å². The smallest absolute Gasteiger partial charge is 0.128 e. The van der Waals surface area contributed by atoms with Gasteiger partial charge in [-0.3, -0.25) is 0 Å². The molecule has 3 nitrogen and oxygen atoms in total. The maximum absolute atomic E-state index is 6.05. The van der Waals surface area contributed by atoms with Crippen molar-refractivity contribution in [3.63, 3.8) is 0 Å². The van der Waals surface area contributed by atoms with E-state index in [2.05, 4.69) is 48.4 Å². The molecule has 0 saturated heterocycles. The number of aryl methyl sites for hydroxylation is 1. The summed E-state index contributed by atoms with van der Waals surface area (Å²) in [7, 11) is 0. The van der Waals surface area contributed by atoms with Crippen molar-refractivity contribution >= 4 is 29.2 Å². The number of nitrogens with one attached hydrogen (secondary N) is 1. The first-order chi connectivity index (χ1) is 10.1. The minimum absolute atomic E-state index is 0.130. The van der Waals surface area contributed by atoms with E-state index in [-0.39, 0.29) is 6.04 Å². The number of aromatic nitrogens is 1. The van der Waals surface area contributed by atoms with E-state index in [1.165, 1.54) is 10.5 Å². The Kier molecular flexibility index (Phi) is 5.91. The zero-order valence-electron chi connectivity index (χ0n) is 12.3. The quantitative estimate of drug-likeness (QED) is 0.787. The van der Waals surface area contributed by atoms with Crippen LogP contribution >= 0.6 is 23.4 Å². The van der Waals surface area contributed by atoms with Gasteiger partial charge in [-0.25, -0.2) is 4.98 Å². The molecular formula is C16H20ClN3S. The number of anilines is 1. The van der Waals surface area contributed by atoms with Gasteiger partial charge < -0.3 is 11.1 Å². The fourth-order valence-corrected chi connectivity index (χ4v) is 3.42. The third kappa shape index (κ3) is 4.37. The highest BCUT2D eigenvalue weighted by Gasteiger charge is 2.15. The number of benzene rings is 1. The normalized spacial score (nSPS) is 12.3. The van der Waals surface area contributed by atoms with Crippen LogP contribution in [0.3, 0.4) is 0 Å². The predicted octanol–water partition coefficient (Wildman–Crippen LogP) is 4.07. The lowest BCUT2D eigenvalue weighted by atomic mass is 10.1. The summed E-state index contributed by atoms with van der Waals surface area (Å²) in [5.41, 5.74) is 8.25. The molecule has 1 aromatic carbocycles. The van der Waals surface area contributed by atoms with Crippen molar-refractivity contribution in [3.05, 3.63) is 52.7 Å². The minimum Gasteiger partial charge on any atom is -0.383 e. The van der Waals surface area contributed by atoms with Gasteiger partial charge in [0, 0.05) is 28.5 Å². The second kappa shape index (κ2) is 7.69. The molecule has 0 aliphatic rings. The number of halogens is 1. The maximum Gasteiger partial charge on any atom is 0.128 e. The van der Waals surface area contributed by atoms with Crippen LogP contribution < -0.4 is 11.1 Å². The van der Waals surface area contributed by atoms with Crippen LogP contribution in [0.1, 0.15) is 24.1 Å². The highest BCUT2D eigenvalue weighted by molar-refractivity contribution is 7.99. The molecule has 0 aliphatic heterocycles. The summed E-state index contributed by atoms with van der Waals surface area (Å²) < 4.78 is 0. The van der Waals surface area contributed by atoms with Crippen molar-refractivity contribution in [3.8, 4) is 0 Å². The van der Waals surface area contributed by atoms with Gasteiger partial charge >= 0.3 is 0 Å². The van der Waals surface area contributed by atoms with Gasteiger partial charge in [0.1, 0.15) is 5.82 Å². The number of hydrogen-bond acceptors (Lipinski definition) is 4. The molecule has 0 amide bonds. The third-order valence-corrected chi connectivity index (χ3v) is 4.72. The van der Waals surface area contributed by atoms with Gasteiger partial charge in [-0.2, -0.15) is 0 Å². The molecule has 1 heterocycles. The second-order valence-corrected chi connectivity index (χ2v) is 6.31. The fraction of sp³-hybridized carbons (Fsp3) is 0.312. The van der Waals surface area contributed by atoms with Crippen molar-refractivity contribution in [2.75, 3.05) is 18.0 Å². The molecule has 0 saturated carbocycles. The molecule has 1 aromatic heterocycles. The molecule has 2 aromatic rings. The van der Waals surface area contributed by atoms with Crippen LogP contribution in [0, 0.1) is 6.92 Å². The van der Waals surface area contributed by atoms with E-state index < -0.39 is 0 Å². The van der Waals surface area contributed by atoms with Crippen LogP contribution in [0.25, 0.3) is 0 Å². The Balaban J connectivity index is 2.16. The largest absolute Gasteiger partial charge is 0.383 e. The summed E-state index contributed by atoms with van der Waals surface area (Å²) in [6, 6.07) is 10.4. The molecule has 1 atom stereocenters. The van der Waals surface area contributed by atoms with Gasteiger partial charge in [0.2, 0.25) is 0 Å². The molecule has 2 rings (SSSR count). The summed E-state index contributed by atoms with van der Waals surface area (Å²) in [5.74, 6) is 1.42. The van der Waals surface area contributed by atoms with Crippen molar-refractivity contribution in [1.82, 2.24) is 10.3 Å². The first-order valence-electron chi connectivity index (χ1n) is 6.94. The molecule has 21 heavy (non-hydrogen) atoms. The van der Waals surface area contributed by atoms with Gasteiger partial charge in [0.05, 0.1) is 5.02 Å². The number of thioether (sulfide) groups is 1. The standard InChI is InChI=1S/C16H20ClN3S/c1-3-19-14(13-8-12(17)9-20-16(13)18)10-21-15-7-5-4-6-11(15)2/h4-9,14,19H,3,10H2,1-2H3,(H2,18,20). The first kappa shape index (κ1) is 16.1. The van der Waals surface area contributed by atoms with Gasteiger partial charge in [0.25, 0.3) is 0 Å². The van der Waals surface area contributed by atoms with E-state index in [4.69, 9.17) is 17.3 Å². The maximum atomic E-state index is 6.05. The summed E-state index contributed by atoms with van der Waals surface area (Å²) in [5, 5.41) is 4.07. The number of pyridine rings is 1. The Hall–Kier alpha value is -1.23. The monoisotopic (exact) mass is 321 g/mol. The molecule has 112 valence electrons. The van der Waals surface area contributed by atoms with E-state index in [1.807, 2.05) is 17.8 Å². The molecule has 1 unspecified atom stereocenters. The van der Waals surface area contributed by atoms with Crippen LogP contribution in [0.5, 0.6) is 0 Å². The number of hydrogen-bond donors (Lipinski definition) is 2. The Morgan fingerprint density at radius 2 is 2.14 bits per heavy atom. The van der Waals surface area contributed by atoms with Crippen LogP contribution in [-0.4, -0.2) is 17.3 Å². The minimum atomic E-state index is 0.130. The van der Waals surface area contributed by atoms with Crippen molar-refractivity contribution in [1.29, 1.82) is 0 Å². The summed E-state index contributed by atoms with van der Waals surface area (Å²) >= 11 is 7.87. The number of rotatable bonds is 6. The van der Waals surface area contributed by atoms with Crippen molar-refractivity contribution < 1.29 is 0 Å². The predicted molar refractivity (Wildman–Crippen MR) is 92.0 cm³/mol. The Morgan fingerprint density at radius 1 is 1.38 bits per heavy atom. The lowest BCUT2D eigenvalue weighted by molar-refractivity contribution is 0.606. The molecule has 0 spiro atoms. The van der Waals surface area contributed by atoms with E-state index in [9.17, 15) is 0 Å². The molecule has 0 aliphatic carbocycles. The van der Waals surface area contributed by atoms with Crippen LogP contribution in [0.4, 0.5) is 5.82 Å². The Bertz CT molecular complexity index is 604. The SMILES string of the molecule is CCNC(CSc1ccccc1C)c1cc(Cl)cnc1N. The summed E-state index contributed by atoms with van der Waals surface area (Å²) in [6.45, 7) is 5.07. The molecule has 5 heteroatoms. The van der Waals surface area contributed by atoms with Crippen LogP contribution in [-0.2, 0) is 0 Å². The molecule has 3 N–H and O–H groups in total. The number of nitrogens with zero attached hydrogens (tertiary/aromatic N) is 1. The summed E-state index contributed by atoms with van der Waals surface area (Å²) in [4.78, 5) is 5.44. The summed E-state index contributed by atoms with van der Waals surface area (Å²) in [6.07, 6.45) is 1.58. The van der Waals surface area contributed by atoms with Gasteiger partial charge in [-0.1, -0.05) is 36.7 Å². The average molecular weight is 322 g/mol. The number of nitrogen functional groups attached to an aromatic ring is 1. The highest BCUT2D eigenvalue weighted by Crippen LogP contribution is 2.29. The van der Waals surface area contributed by atoms with E-state index in [0.717, 1.165) is 17.9 Å². The zero-order valence-corrected chi connectivity index (χ0v) is 13.8. The fourth-order valence-electron chi connectivity index (χ4n) is 2.14. The van der Waals surface area contributed by atoms with Crippen molar-refractivity contribution in [2.45, 2.75) is 24.8 Å². The van der Waals surface area contributed by atoms with Gasteiger partial charge in [-0.15, -0.1) is 11.8 Å². The molecule has 0 radical (unpaired) electrons. The Labute approximate surface area is 135 Å². The second-order valence-electron chi connectivity index (χ2n) is 4.81. The van der Waals surface area contributed by atoms with E-state index in [0.29, 0.717) is 10.8 Å². The van der Waals surface area contributed by atoms with Crippen molar-refractivity contribution in [2.24, 2.45) is 0 Å². The van der Waals surface area contributed by atoms with Gasteiger partial charge in [-0.05, 0) is 31.2 Å². The molecule has 0 bridgehead atoms. The molecular weight excluding hydrogens is 302 g/mol. The lowest BCUT2D eigenvalue weighted by Gasteiger charge is -2.20. The lowest BCUT2D eigenvalue weighted by Crippen LogP contribution is -2.24. The molecule has 0 fully saturated rings. The average Bonchev–Trinajstić information content (AvgIpc) is 2.48. The van der Waals surface area contributed by atoms with Crippen LogP contribution in [0.15, 0.2) is 41.4 Å². The Morgan fingerprint density at radius 3 is 2.86 bits per heavy atom. The van der Waals surface area contributed by atoms with E-state index >= 15 is 0 Å². The zero-order chi connectivity index (χ0) is 15.2. The topological polar surface area (TPSA) is 50.9 Å². The van der Waals surface area contributed by atoms with E-state index in [1.54, 1.807) is 6.20 Å². The highest BCUT2D eigenvalue weighted by atomic mass is 35.5.